The molecule has 0 aliphatic carbocycles. The van der Waals surface area contributed by atoms with Gasteiger partial charge in [-0.15, -0.1) is 11.3 Å². The van der Waals surface area contributed by atoms with Gasteiger partial charge in [-0.3, -0.25) is 9.59 Å². The summed E-state index contributed by atoms with van der Waals surface area (Å²) in [5.41, 5.74) is 0.742. The van der Waals surface area contributed by atoms with E-state index in [9.17, 15) is 22.8 Å². The predicted molar refractivity (Wildman–Crippen MR) is 66.2 cm³/mol. The van der Waals surface area contributed by atoms with Crippen LogP contribution in [0.15, 0.2) is 5.38 Å². The lowest BCUT2D eigenvalue weighted by Crippen LogP contribution is -2.36. The number of alkyl halides is 3. The summed E-state index contributed by atoms with van der Waals surface area (Å²) in [6, 6.07) is 0. The van der Waals surface area contributed by atoms with E-state index in [4.69, 9.17) is 0 Å². The van der Waals surface area contributed by atoms with Crippen molar-refractivity contribution in [2.45, 2.75) is 19.5 Å². The van der Waals surface area contributed by atoms with Gasteiger partial charge < -0.3 is 10.2 Å². The van der Waals surface area contributed by atoms with Gasteiger partial charge in [0.1, 0.15) is 6.54 Å². The number of carbonyl (C=O) groups excluding carboxylic acids is 2. The number of rotatable bonds is 3. The van der Waals surface area contributed by atoms with Crippen LogP contribution < -0.4 is 5.32 Å². The molecule has 2 amide bonds. The average molecular weight is 307 g/mol. The number of halogens is 3. The Morgan fingerprint density at radius 1 is 1.60 bits per heavy atom. The van der Waals surface area contributed by atoms with Gasteiger partial charge in [-0.05, 0) is 6.92 Å². The molecule has 1 N–H and O–H groups in total. The second kappa shape index (κ2) is 5.39. The fraction of sp³-hybridized carbons (Fsp3) is 0.545. The normalized spacial score (nSPS) is 19.5. The van der Waals surface area contributed by atoms with Gasteiger partial charge in [-0.25, -0.2) is 4.98 Å². The molecule has 0 saturated carbocycles. The topological polar surface area (TPSA) is 62.3 Å². The molecule has 110 valence electrons. The molecular weight excluding hydrogens is 295 g/mol. The molecule has 1 aromatic rings. The maximum Gasteiger partial charge on any atom is 0.406 e. The lowest BCUT2D eigenvalue weighted by atomic mass is 10.1. The number of aryl methyl sites for hydroxylation is 1. The smallest absolute Gasteiger partial charge is 0.333 e. The van der Waals surface area contributed by atoms with E-state index in [0.717, 1.165) is 5.69 Å². The van der Waals surface area contributed by atoms with Crippen LogP contribution in [0.2, 0.25) is 0 Å². The Balaban J connectivity index is 1.94. The Labute approximate surface area is 116 Å². The molecule has 1 aromatic heterocycles. The summed E-state index contributed by atoms with van der Waals surface area (Å²) in [6.45, 7) is 0.233. The van der Waals surface area contributed by atoms with E-state index in [1.807, 2.05) is 0 Å². The number of anilines is 1. The summed E-state index contributed by atoms with van der Waals surface area (Å²) >= 11 is 1.23. The molecule has 1 saturated heterocycles. The van der Waals surface area contributed by atoms with Crippen molar-refractivity contribution in [2.75, 3.05) is 18.4 Å². The highest BCUT2D eigenvalue weighted by Gasteiger charge is 2.40. The highest BCUT2D eigenvalue weighted by Crippen LogP contribution is 2.25. The second-order valence-corrected chi connectivity index (χ2v) is 5.43. The highest BCUT2D eigenvalue weighted by atomic mass is 32.1. The van der Waals surface area contributed by atoms with E-state index in [1.54, 1.807) is 12.3 Å². The van der Waals surface area contributed by atoms with Crippen LogP contribution in [0.25, 0.3) is 0 Å². The molecule has 5 nitrogen and oxygen atoms in total. The number of thiazole rings is 1. The number of hydrogen-bond donors (Lipinski definition) is 1. The van der Waals surface area contributed by atoms with E-state index in [-0.39, 0.29) is 13.0 Å². The Hall–Kier alpha value is -1.64. The molecule has 1 aliphatic heterocycles. The summed E-state index contributed by atoms with van der Waals surface area (Å²) in [7, 11) is 0. The number of nitrogens with one attached hydrogen (secondary N) is 1. The van der Waals surface area contributed by atoms with Crippen LogP contribution in [0, 0.1) is 12.8 Å². The molecular formula is C11H12F3N3O2S. The van der Waals surface area contributed by atoms with Gasteiger partial charge in [-0.1, -0.05) is 0 Å². The number of carbonyl (C=O) groups is 2. The maximum absolute atomic E-state index is 12.3. The van der Waals surface area contributed by atoms with Gasteiger partial charge >= 0.3 is 6.18 Å². The molecule has 0 spiro atoms. The van der Waals surface area contributed by atoms with Crippen LogP contribution in [0.5, 0.6) is 0 Å². The van der Waals surface area contributed by atoms with Crippen molar-refractivity contribution in [1.29, 1.82) is 0 Å². The van der Waals surface area contributed by atoms with E-state index >= 15 is 0 Å². The Morgan fingerprint density at radius 3 is 2.85 bits per heavy atom. The van der Waals surface area contributed by atoms with Crippen molar-refractivity contribution in [1.82, 2.24) is 9.88 Å². The minimum atomic E-state index is -4.45. The van der Waals surface area contributed by atoms with E-state index in [2.05, 4.69) is 10.3 Å². The molecule has 1 atom stereocenters. The molecule has 20 heavy (non-hydrogen) atoms. The van der Waals surface area contributed by atoms with Crippen molar-refractivity contribution < 1.29 is 22.8 Å². The van der Waals surface area contributed by atoms with Gasteiger partial charge in [0, 0.05) is 18.3 Å². The summed E-state index contributed by atoms with van der Waals surface area (Å²) in [4.78, 5) is 28.0. The zero-order valence-electron chi connectivity index (χ0n) is 10.5. The van der Waals surface area contributed by atoms with Crippen LogP contribution in [-0.2, 0) is 9.59 Å². The van der Waals surface area contributed by atoms with Gasteiger partial charge in [-0.2, -0.15) is 13.2 Å². The third-order valence-electron chi connectivity index (χ3n) is 2.80. The standard InChI is InChI=1S/C11H12F3N3O2S/c1-6-4-20-10(15-6)16-9(19)7-2-8(18)17(3-7)5-11(12,13)14/h4,7H,2-3,5H2,1H3,(H,15,16,19)/t7-/m1/s1. The van der Waals surface area contributed by atoms with Gasteiger partial charge in [0.2, 0.25) is 11.8 Å². The third kappa shape index (κ3) is 3.69. The Bertz CT molecular complexity index is 529. The predicted octanol–water partition coefficient (Wildman–Crippen LogP) is 1.80. The van der Waals surface area contributed by atoms with Gasteiger partial charge in [0.25, 0.3) is 0 Å². The first-order valence-electron chi connectivity index (χ1n) is 5.82. The second-order valence-electron chi connectivity index (χ2n) is 4.57. The summed E-state index contributed by atoms with van der Waals surface area (Å²) in [5.74, 6) is -1.90. The lowest BCUT2D eigenvalue weighted by molar-refractivity contribution is -0.157. The molecule has 0 radical (unpaired) electrons. The quantitative estimate of drug-likeness (QED) is 0.926. The SMILES string of the molecule is Cc1csc(NC(=O)[C@@H]2CC(=O)N(CC(F)(F)F)C2)n1. The van der Waals surface area contributed by atoms with Crippen LogP contribution in [0.3, 0.4) is 0 Å². The number of aromatic nitrogens is 1. The zero-order chi connectivity index (χ0) is 14.9. The summed E-state index contributed by atoms with van der Waals surface area (Å²) in [6.07, 6.45) is -4.65. The first-order chi connectivity index (χ1) is 9.24. The molecule has 2 heterocycles. The van der Waals surface area contributed by atoms with Crippen LogP contribution >= 0.6 is 11.3 Å². The van der Waals surface area contributed by atoms with Crippen LogP contribution in [-0.4, -0.2) is 41.0 Å². The fourth-order valence-electron chi connectivity index (χ4n) is 1.94. The molecule has 2 rings (SSSR count). The van der Waals surface area contributed by atoms with Crippen molar-refractivity contribution in [2.24, 2.45) is 5.92 Å². The van der Waals surface area contributed by atoms with Crippen LogP contribution in [0.1, 0.15) is 12.1 Å². The van der Waals surface area contributed by atoms with E-state index < -0.39 is 30.5 Å². The van der Waals surface area contributed by atoms with E-state index in [1.165, 1.54) is 11.3 Å². The number of amides is 2. The number of likely N-dealkylation sites (tertiary alicyclic amines) is 1. The average Bonchev–Trinajstić information content (AvgIpc) is 2.85. The minimum absolute atomic E-state index is 0.202. The van der Waals surface area contributed by atoms with Crippen molar-refractivity contribution in [3.63, 3.8) is 0 Å². The Kier molecular flexibility index (Phi) is 3.98. The zero-order valence-corrected chi connectivity index (χ0v) is 11.3. The molecule has 1 aliphatic rings. The molecule has 0 unspecified atom stereocenters. The molecule has 0 bridgehead atoms. The Morgan fingerprint density at radius 2 is 2.30 bits per heavy atom. The first kappa shape index (κ1) is 14.8. The number of nitrogens with zero attached hydrogens (tertiary/aromatic N) is 2. The highest BCUT2D eigenvalue weighted by molar-refractivity contribution is 7.13. The van der Waals surface area contributed by atoms with Crippen LogP contribution in [0.4, 0.5) is 18.3 Å². The maximum atomic E-state index is 12.3. The monoisotopic (exact) mass is 307 g/mol. The largest absolute Gasteiger partial charge is 0.406 e. The summed E-state index contributed by atoms with van der Waals surface area (Å²) in [5, 5.41) is 4.64. The van der Waals surface area contributed by atoms with Gasteiger partial charge in [0.05, 0.1) is 11.6 Å². The first-order valence-corrected chi connectivity index (χ1v) is 6.70. The lowest BCUT2D eigenvalue weighted by Gasteiger charge is -2.18. The minimum Gasteiger partial charge on any atom is -0.333 e. The van der Waals surface area contributed by atoms with Crippen molar-refractivity contribution in [3.8, 4) is 0 Å². The number of hydrogen-bond acceptors (Lipinski definition) is 4. The molecule has 9 heteroatoms. The molecule has 1 fully saturated rings. The summed E-state index contributed by atoms with van der Waals surface area (Å²) < 4.78 is 36.8. The third-order valence-corrected chi connectivity index (χ3v) is 3.68. The molecule has 0 aromatic carbocycles. The van der Waals surface area contributed by atoms with Gasteiger partial charge in [0.15, 0.2) is 5.13 Å². The fourth-order valence-corrected chi connectivity index (χ4v) is 2.63. The van der Waals surface area contributed by atoms with Crippen molar-refractivity contribution in [3.05, 3.63) is 11.1 Å². The van der Waals surface area contributed by atoms with E-state index in [0.29, 0.717) is 10.0 Å². The van der Waals surface area contributed by atoms with Crippen molar-refractivity contribution >= 4 is 28.3 Å².